The third-order valence-corrected chi connectivity index (χ3v) is 2.88. The molecule has 0 aliphatic rings. The van der Waals surface area contributed by atoms with Gasteiger partial charge in [-0.25, -0.2) is 0 Å². The lowest BCUT2D eigenvalue weighted by Gasteiger charge is -2.03. The predicted octanol–water partition coefficient (Wildman–Crippen LogP) is 2.21. The van der Waals surface area contributed by atoms with Crippen LogP contribution in [0, 0.1) is 6.92 Å². The summed E-state index contributed by atoms with van der Waals surface area (Å²) in [6.45, 7) is 3.17. The lowest BCUT2D eigenvalue weighted by atomic mass is 10.1. The standard InChI is InChI=1S/C15H19N3O2/c1-12-4-3-5-13(8-12)10-18-11-14(9-16-18)17-15(19)6-7-20-2/h3-5,8-9,11H,6-7,10H2,1-2H3,(H,17,19). The van der Waals surface area contributed by atoms with Gasteiger partial charge in [0.2, 0.25) is 5.91 Å². The SMILES string of the molecule is COCCC(=O)Nc1cnn(Cc2cccc(C)c2)c1. The summed E-state index contributed by atoms with van der Waals surface area (Å²) in [7, 11) is 1.58. The summed E-state index contributed by atoms with van der Waals surface area (Å²) in [5.74, 6) is -0.0676. The van der Waals surface area contributed by atoms with Crippen LogP contribution >= 0.6 is 0 Å². The number of aryl methyl sites for hydroxylation is 1. The number of hydrogen-bond donors (Lipinski definition) is 1. The molecule has 1 aromatic carbocycles. The van der Waals surface area contributed by atoms with Crippen molar-refractivity contribution >= 4 is 11.6 Å². The minimum atomic E-state index is -0.0676. The van der Waals surface area contributed by atoms with Gasteiger partial charge < -0.3 is 10.1 Å². The van der Waals surface area contributed by atoms with Gasteiger partial charge in [0.15, 0.2) is 0 Å². The van der Waals surface area contributed by atoms with E-state index in [0.29, 0.717) is 25.3 Å². The number of carbonyl (C=O) groups is 1. The van der Waals surface area contributed by atoms with Crippen LogP contribution < -0.4 is 5.32 Å². The normalized spacial score (nSPS) is 10.5. The van der Waals surface area contributed by atoms with Crippen molar-refractivity contribution in [1.29, 1.82) is 0 Å². The molecule has 0 aliphatic carbocycles. The van der Waals surface area contributed by atoms with E-state index in [4.69, 9.17) is 4.74 Å². The predicted molar refractivity (Wildman–Crippen MR) is 77.6 cm³/mol. The van der Waals surface area contributed by atoms with Gasteiger partial charge >= 0.3 is 0 Å². The maximum atomic E-state index is 11.6. The molecule has 0 bridgehead atoms. The largest absolute Gasteiger partial charge is 0.384 e. The van der Waals surface area contributed by atoms with Crippen molar-refractivity contribution in [2.45, 2.75) is 19.9 Å². The van der Waals surface area contributed by atoms with E-state index < -0.39 is 0 Å². The molecule has 0 unspecified atom stereocenters. The van der Waals surface area contributed by atoms with E-state index in [1.165, 1.54) is 11.1 Å². The number of nitrogens with zero attached hydrogens (tertiary/aromatic N) is 2. The van der Waals surface area contributed by atoms with E-state index in [1.54, 1.807) is 18.0 Å². The Bertz CT molecular complexity index is 578. The smallest absolute Gasteiger partial charge is 0.226 e. The number of carbonyl (C=O) groups excluding carboxylic acids is 1. The van der Waals surface area contributed by atoms with E-state index in [9.17, 15) is 4.79 Å². The summed E-state index contributed by atoms with van der Waals surface area (Å²) in [6.07, 6.45) is 3.83. The average Bonchev–Trinajstić information content (AvgIpc) is 2.83. The van der Waals surface area contributed by atoms with Gasteiger partial charge in [-0.3, -0.25) is 9.48 Å². The van der Waals surface area contributed by atoms with Gasteiger partial charge in [-0.1, -0.05) is 29.8 Å². The Balaban J connectivity index is 1.93. The molecule has 5 nitrogen and oxygen atoms in total. The van der Waals surface area contributed by atoms with Crippen molar-refractivity contribution in [3.63, 3.8) is 0 Å². The first-order valence-electron chi connectivity index (χ1n) is 6.54. The van der Waals surface area contributed by atoms with Crippen molar-refractivity contribution in [2.24, 2.45) is 0 Å². The summed E-state index contributed by atoms with van der Waals surface area (Å²) >= 11 is 0. The van der Waals surface area contributed by atoms with Crippen molar-refractivity contribution in [3.8, 4) is 0 Å². The van der Waals surface area contributed by atoms with Crippen molar-refractivity contribution in [2.75, 3.05) is 19.0 Å². The van der Waals surface area contributed by atoms with Crippen molar-refractivity contribution < 1.29 is 9.53 Å². The highest BCUT2D eigenvalue weighted by Crippen LogP contribution is 2.09. The summed E-state index contributed by atoms with van der Waals surface area (Å²) in [4.78, 5) is 11.6. The Morgan fingerprint density at radius 2 is 2.30 bits per heavy atom. The van der Waals surface area contributed by atoms with Gasteiger partial charge in [0.25, 0.3) is 0 Å². The van der Waals surface area contributed by atoms with Crippen molar-refractivity contribution in [3.05, 3.63) is 47.8 Å². The summed E-state index contributed by atoms with van der Waals surface area (Å²) in [5, 5.41) is 7.04. The number of methoxy groups -OCH3 is 1. The first-order chi connectivity index (χ1) is 9.67. The van der Waals surface area contributed by atoms with Gasteiger partial charge in [-0.05, 0) is 12.5 Å². The number of hydrogen-bond acceptors (Lipinski definition) is 3. The van der Waals surface area contributed by atoms with Gasteiger partial charge in [0.05, 0.1) is 31.5 Å². The Morgan fingerprint density at radius 3 is 3.05 bits per heavy atom. The zero-order chi connectivity index (χ0) is 14.4. The minimum Gasteiger partial charge on any atom is -0.384 e. The molecule has 2 rings (SSSR count). The maximum absolute atomic E-state index is 11.6. The van der Waals surface area contributed by atoms with Gasteiger partial charge in [0, 0.05) is 13.3 Å². The molecule has 0 saturated heterocycles. The molecule has 1 N–H and O–H groups in total. The average molecular weight is 273 g/mol. The second-order valence-corrected chi connectivity index (χ2v) is 4.71. The van der Waals surface area contributed by atoms with Gasteiger partial charge in [-0.2, -0.15) is 5.10 Å². The molecule has 1 aromatic heterocycles. The molecular formula is C15H19N3O2. The molecule has 0 atom stereocenters. The molecular weight excluding hydrogens is 254 g/mol. The van der Waals surface area contributed by atoms with E-state index in [2.05, 4.69) is 35.5 Å². The zero-order valence-corrected chi connectivity index (χ0v) is 11.8. The van der Waals surface area contributed by atoms with Crippen LogP contribution in [0.25, 0.3) is 0 Å². The van der Waals surface area contributed by atoms with Crippen LogP contribution in [-0.4, -0.2) is 29.4 Å². The summed E-state index contributed by atoms with van der Waals surface area (Å²) < 4.78 is 6.67. The number of anilines is 1. The fourth-order valence-corrected chi connectivity index (χ4v) is 1.93. The monoisotopic (exact) mass is 273 g/mol. The van der Waals surface area contributed by atoms with Gasteiger partial charge in [-0.15, -0.1) is 0 Å². The van der Waals surface area contributed by atoms with E-state index in [0.717, 1.165) is 0 Å². The number of rotatable bonds is 6. The molecule has 0 radical (unpaired) electrons. The molecule has 106 valence electrons. The lowest BCUT2D eigenvalue weighted by Crippen LogP contribution is -2.13. The highest BCUT2D eigenvalue weighted by atomic mass is 16.5. The number of benzene rings is 1. The van der Waals surface area contributed by atoms with E-state index in [-0.39, 0.29) is 5.91 Å². The van der Waals surface area contributed by atoms with E-state index >= 15 is 0 Å². The van der Waals surface area contributed by atoms with Gasteiger partial charge in [0.1, 0.15) is 0 Å². The topological polar surface area (TPSA) is 56.1 Å². The molecule has 5 heteroatoms. The Kier molecular flexibility index (Phi) is 4.90. The van der Waals surface area contributed by atoms with Crippen LogP contribution in [0.1, 0.15) is 17.5 Å². The number of aromatic nitrogens is 2. The Morgan fingerprint density at radius 1 is 1.45 bits per heavy atom. The fourth-order valence-electron chi connectivity index (χ4n) is 1.93. The van der Waals surface area contributed by atoms with Crippen molar-refractivity contribution in [1.82, 2.24) is 9.78 Å². The fraction of sp³-hybridized carbons (Fsp3) is 0.333. The van der Waals surface area contributed by atoms with Crippen LogP contribution in [-0.2, 0) is 16.1 Å². The van der Waals surface area contributed by atoms with E-state index in [1.807, 2.05) is 12.3 Å². The van der Waals surface area contributed by atoms with Crippen LogP contribution in [0.3, 0.4) is 0 Å². The maximum Gasteiger partial charge on any atom is 0.226 e. The highest BCUT2D eigenvalue weighted by Gasteiger charge is 2.04. The Hall–Kier alpha value is -2.14. The third-order valence-electron chi connectivity index (χ3n) is 2.88. The molecule has 2 aromatic rings. The summed E-state index contributed by atoms with van der Waals surface area (Å²) in [6, 6.07) is 8.28. The van der Waals surface area contributed by atoms with Crippen LogP contribution in [0.15, 0.2) is 36.7 Å². The first kappa shape index (κ1) is 14.3. The van der Waals surface area contributed by atoms with Crippen LogP contribution in [0.2, 0.25) is 0 Å². The number of ether oxygens (including phenoxy) is 1. The molecule has 0 spiro atoms. The zero-order valence-electron chi connectivity index (χ0n) is 11.8. The Labute approximate surface area is 118 Å². The molecule has 0 saturated carbocycles. The second kappa shape index (κ2) is 6.86. The van der Waals surface area contributed by atoms with Crippen LogP contribution in [0.5, 0.6) is 0 Å². The molecule has 1 heterocycles. The third kappa shape index (κ3) is 4.20. The minimum absolute atomic E-state index is 0.0676. The number of amides is 1. The molecule has 0 aliphatic heterocycles. The summed E-state index contributed by atoms with van der Waals surface area (Å²) in [5.41, 5.74) is 3.12. The van der Waals surface area contributed by atoms with Crippen LogP contribution in [0.4, 0.5) is 5.69 Å². The molecule has 0 fully saturated rings. The molecule has 20 heavy (non-hydrogen) atoms. The lowest BCUT2D eigenvalue weighted by molar-refractivity contribution is -0.117. The quantitative estimate of drug-likeness (QED) is 0.878. The second-order valence-electron chi connectivity index (χ2n) is 4.71. The highest BCUT2D eigenvalue weighted by molar-refractivity contribution is 5.90. The number of nitrogens with one attached hydrogen (secondary N) is 1. The molecule has 1 amide bonds. The first-order valence-corrected chi connectivity index (χ1v) is 6.54.